The third-order valence-electron chi connectivity index (χ3n) is 4.47. The molecule has 1 aromatic heterocycles. The highest BCUT2D eigenvalue weighted by atomic mass is 32.2. The fraction of sp³-hybridized carbons (Fsp3) is 0.286. The second-order valence-corrected chi connectivity index (χ2v) is 7.35. The van der Waals surface area contributed by atoms with E-state index in [0.29, 0.717) is 0 Å². The van der Waals surface area contributed by atoms with Crippen LogP contribution in [0.3, 0.4) is 0 Å². The average molecular weight is 395 g/mol. The molecule has 0 bridgehead atoms. The number of aromatic nitrogens is 3. The summed E-state index contributed by atoms with van der Waals surface area (Å²) in [4.78, 5) is 0. The van der Waals surface area contributed by atoms with E-state index in [1.807, 2.05) is 53.2 Å². The smallest absolute Gasteiger partial charge is 0.212 e. The first kappa shape index (κ1) is 18.6. The monoisotopic (exact) mass is 394 g/mol. The number of methoxy groups -OCH3 is 1. The van der Waals surface area contributed by atoms with Gasteiger partial charge >= 0.3 is 0 Å². The Balaban J connectivity index is 1.59. The standard InChI is InChI=1S/C21H22N4O2S/c1-3-4-13-27-18-11-7-16(8-12-18)20-22-23-21-25(20)24-19(14-28-21)15-5-9-17(26-2)10-6-15/h5-12H,3-4,13-14H2,1-2H3. The van der Waals surface area contributed by atoms with E-state index in [1.54, 1.807) is 18.9 Å². The Morgan fingerprint density at radius 1 is 0.964 bits per heavy atom. The van der Waals surface area contributed by atoms with Gasteiger partial charge in [0.1, 0.15) is 11.5 Å². The average Bonchev–Trinajstić information content (AvgIpc) is 3.18. The first-order valence-corrected chi connectivity index (χ1v) is 10.3. The lowest BCUT2D eigenvalue weighted by Crippen LogP contribution is -2.13. The van der Waals surface area contributed by atoms with Crippen molar-refractivity contribution in [1.29, 1.82) is 0 Å². The van der Waals surface area contributed by atoms with Gasteiger partial charge in [-0.3, -0.25) is 0 Å². The molecule has 4 rings (SSSR count). The van der Waals surface area contributed by atoms with Crippen molar-refractivity contribution in [2.75, 3.05) is 19.5 Å². The molecule has 7 heteroatoms. The Hall–Kier alpha value is -2.80. The second-order valence-electron chi connectivity index (χ2n) is 6.41. The van der Waals surface area contributed by atoms with Gasteiger partial charge < -0.3 is 9.47 Å². The minimum atomic E-state index is 0.730. The third kappa shape index (κ3) is 3.89. The molecule has 28 heavy (non-hydrogen) atoms. The molecule has 0 N–H and O–H groups in total. The predicted octanol–water partition coefficient (Wildman–Crippen LogP) is 4.49. The lowest BCUT2D eigenvalue weighted by atomic mass is 10.1. The molecule has 0 aliphatic carbocycles. The number of hydrogen-bond donors (Lipinski definition) is 0. The van der Waals surface area contributed by atoms with Crippen LogP contribution in [-0.4, -0.2) is 40.1 Å². The lowest BCUT2D eigenvalue weighted by molar-refractivity contribution is 0.309. The Morgan fingerprint density at radius 2 is 1.68 bits per heavy atom. The molecule has 1 aliphatic rings. The number of fused-ring (bicyclic) bond motifs is 1. The highest BCUT2D eigenvalue weighted by molar-refractivity contribution is 7.99. The fourth-order valence-electron chi connectivity index (χ4n) is 2.87. The van der Waals surface area contributed by atoms with Crippen molar-refractivity contribution in [2.45, 2.75) is 24.9 Å². The Morgan fingerprint density at radius 3 is 2.39 bits per heavy atom. The van der Waals surface area contributed by atoms with E-state index in [-0.39, 0.29) is 0 Å². The van der Waals surface area contributed by atoms with Gasteiger partial charge in [0.2, 0.25) is 5.16 Å². The van der Waals surface area contributed by atoms with Crippen LogP contribution in [0.2, 0.25) is 0 Å². The van der Waals surface area contributed by atoms with Crippen molar-refractivity contribution in [3.8, 4) is 22.9 Å². The van der Waals surface area contributed by atoms with E-state index in [0.717, 1.165) is 64.5 Å². The van der Waals surface area contributed by atoms with E-state index in [9.17, 15) is 0 Å². The van der Waals surface area contributed by atoms with Crippen LogP contribution in [-0.2, 0) is 0 Å². The molecule has 0 amide bonds. The maximum absolute atomic E-state index is 5.74. The van der Waals surface area contributed by atoms with Crippen molar-refractivity contribution >= 4 is 17.5 Å². The SMILES string of the molecule is CCCCOc1ccc(-c2nnc3n2N=C(c2ccc(OC)cc2)CS3)cc1. The van der Waals surface area contributed by atoms with Crippen LogP contribution in [0.5, 0.6) is 11.5 Å². The number of thioether (sulfide) groups is 1. The molecule has 6 nitrogen and oxygen atoms in total. The van der Waals surface area contributed by atoms with Gasteiger partial charge in [-0.25, -0.2) is 0 Å². The fourth-order valence-corrected chi connectivity index (χ4v) is 3.71. The Kier molecular flexibility index (Phi) is 5.62. The van der Waals surface area contributed by atoms with Crippen LogP contribution in [0.4, 0.5) is 0 Å². The molecule has 0 saturated carbocycles. The molecule has 0 spiro atoms. The Bertz CT molecular complexity index is 965. The summed E-state index contributed by atoms with van der Waals surface area (Å²) in [7, 11) is 1.67. The summed E-state index contributed by atoms with van der Waals surface area (Å²) in [5, 5.41) is 14.2. The molecular formula is C21H22N4O2S. The maximum Gasteiger partial charge on any atom is 0.212 e. The molecule has 0 unspecified atom stereocenters. The Labute approximate surface area is 168 Å². The van der Waals surface area contributed by atoms with E-state index in [1.165, 1.54) is 0 Å². The van der Waals surface area contributed by atoms with E-state index >= 15 is 0 Å². The normalized spacial score (nSPS) is 13.0. The minimum absolute atomic E-state index is 0.730. The van der Waals surface area contributed by atoms with Crippen LogP contribution >= 0.6 is 11.8 Å². The van der Waals surface area contributed by atoms with Gasteiger partial charge in [-0.05, 0) is 60.5 Å². The molecule has 1 aliphatic heterocycles. The maximum atomic E-state index is 5.74. The van der Waals surface area contributed by atoms with Crippen LogP contribution in [0, 0.1) is 0 Å². The zero-order valence-corrected chi connectivity index (χ0v) is 16.8. The number of ether oxygens (including phenoxy) is 2. The van der Waals surface area contributed by atoms with Gasteiger partial charge in [-0.2, -0.15) is 9.78 Å². The van der Waals surface area contributed by atoms with Crippen LogP contribution in [0.25, 0.3) is 11.4 Å². The molecule has 0 radical (unpaired) electrons. The molecule has 0 atom stereocenters. The summed E-state index contributed by atoms with van der Waals surface area (Å²) < 4.78 is 12.8. The molecule has 2 aromatic carbocycles. The van der Waals surface area contributed by atoms with Gasteiger partial charge in [0.15, 0.2) is 5.82 Å². The van der Waals surface area contributed by atoms with Crippen LogP contribution in [0.15, 0.2) is 58.8 Å². The molecule has 144 valence electrons. The van der Waals surface area contributed by atoms with Gasteiger partial charge in [0.25, 0.3) is 0 Å². The van der Waals surface area contributed by atoms with Gasteiger partial charge in [-0.1, -0.05) is 25.1 Å². The van der Waals surface area contributed by atoms with Gasteiger partial charge in [0.05, 0.1) is 19.4 Å². The van der Waals surface area contributed by atoms with Gasteiger partial charge in [-0.15, -0.1) is 10.2 Å². The molecule has 0 saturated heterocycles. The number of hydrogen-bond acceptors (Lipinski definition) is 6. The van der Waals surface area contributed by atoms with E-state index in [4.69, 9.17) is 14.6 Å². The summed E-state index contributed by atoms with van der Waals surface area (Å²) in [6, 6.07) is 15.9. The van der Waals surface area contributed by atoms with Crippen molar-refractivity contribution in [2.24, 2.45) is 5.10 Å². The lowest BCUT2D eigenvalue weighted by Gasteiger charge is -2.14. The van der Waals surface area contributed by atoms with Crippen molar-refractivity contribution in [3.05, 3.63) is 54.1 Å². The summed E-state index contributed by atoms with van der Waals surface area (Å²) >= 11 is 1.64. The summed E-state index contributed by atoms with van der Waals surface area (Å²) in [5.74, 6) is 3.19. The minimum Gasteiger partial charge on any atom is -0.497 e. The molecule has 0 fully saturated rings. The van der Waals surface area contributed by atoms with Crippen molar-refractivity contribution in [3.63, 3.8) is 0 Å². The first-order valence-electron chi connectivity index (χ1n) is 9.32. The van der Waals surface area contributed by atoms with E-state index < -0.39 is 0 Å². The summed E-state index contributed by atoms with van der Waals surface area (Å²) in [6.45, 7) is 2.89. The van der Waals surface area contributed by atoms with Gasteiger partial charge in [0, 0.05) is 11.3 Å². The summed E-state index contributed by atoms with van der Waals surface area (Å²) in [5.41, 5.74) is 3.01. The molecule has 3 aromatic rings. The van der Waals surface area contributed by atoms with Crippen molar-refractivity contribution < 1.29 is 9.47 Å². The third-order valence-corrected chi connectivity index (χ3v) is 5.40. The highest BCUT2D eigenvalue weighted by Crippen LogP contribution is 2.29. The zero-order valence-electron chi connectivity index (χ0n) is 16.0. The highest BCUT2D eigenvalue weighted by Gasteiger charge is 2.20. The quantitative estimate of drug-likeness (QED) is 0.553. The number of rotatable bonds is 7. The zero-order chi connectivity index (χ0) is 19.3. The van der Waals surface area contributed by atoms with Crippen LogP contribution in [0.1, 0.15) is 25.3 Å². The summed E-state index contributed by atoms with van der Waals surface area (Å²) in [6.07, 6.45) is 2.18. The predicted molar refractivity (Wildman–Crippen MR) is 112 cm³/mol. The number of nitrogens with zero attached hydrogens (tertiary/aromatic N) is 4. The second kappa shape index (κ2) is 8.48. The topological polar surface area (TPSA) is 61.5 Å². The molecule has 2 heterocycles. The van der Waals surface area contributed by atoms with Crippen molar-refractivity contribution in [1.82, 2.24) is 14.9 Å². The largest absolute Gasteiger partial charge is 0.497 e. The number of benzene rings is 2. The first-order chi connectivity index (χ1) is 13.8. The number of unbranched alkanes of at least 4 members (excludes halogenated alkanes) is 1. The molecular weight excluding hydrogens is 372 g/mol. The van der Waals surface area contributed by atoms with E-state index in [2.05, 4.69) is 17.1 Å². The van der Waals surface area contributed by atoms with Crippen LogP contribution < -0.4 is 9.47 Å².